The molecule has 3 N–H and O–H groups in total. The number of carbonyl (C=O) groups is 2. The first-order valence-electron chi connectivity index (χ1n) is 7.71. The topological polar surface area (TPSA) is 86.6 Å². The molecular formula is C18H15F3INO4. The van der Waals surface area contributed by atoms with Crippen molar-refractivity contribution in [1.29, 1.82) is 0 Å². The first kappa shape index (κ1) is 21.2. The molecule has 0 unspecified atom stereocenters. The molecule has 0 bridgehead atoms. The van der Waals surface area contributed by atoms with E-state index < -0.39 is 35.8 Å². The van der Waals surface area contributed by atoms with Gasteiger partial charge in [-0.15, -0.1) is 0 Å². The second kappa shape index (κ2) is 8.70. The minimum Gasteiger partial charge on any atom is -0.480 e. The zero-order valence-electron chi connectivity index (χ0n) is 13.7. The van der Waals surface area contributed by atoms with E-state index in [-0.39, 0.29) is 12.0 Å². The number of aliphatic carboxylic acids is 1. The number of carbonyl (C=O) groups excluding carboxylic acids is 1. The minimum absolute atomic E-state index is 0.00233. The molecular weight excluding hydrogens is 478 g/mol. The van der Waals surface area contributed by atoms with E-state index in [0.29, 0.717) is 5.56 Å². The average Bonchev–Trinajstić information content (AvgIpc) is 2.59. The molecule has 0 aromatic heterocycles. The Bertz CT molecular complexity index is 824. The SMILES string of the molecule is O=C(N[C@H](Cc1cccc(I)c1)C(=O)O)[C@@H](O)c1ccc(C(F)(F)F)cc1. The van der Waals surface area contributed by atoms with Gasteiger partial charge >= 0.3 is 12.1 Å². The smallest absolute Gasteiger partial charge is 0.416 e. The number of amides is 1. The zero-order valence-corrected chi connectivity index (χ0v) is 15.9. The summed E-state index contributed by atoms with van der Waals surface area (Å²) in [5.74, 6) is -2.30. The highest BCUT2D eigenvalue weighted by Gasteiger charge is 2.31. The Morgan fingerprint density at radius 1 is 1.11 bits per heavy atom. The zero-order chi connectivity index (χ0) is 20.2. The number of hydrogen-bond donors (Lipinski definition) is 3. The molecule has 9 heteroatoms. The molecule has 0 aliphatic heterocycles. The third-order valence-corrected chi connectivity index (χ3v) is 4.42. The van der Waals surface area contributed by atoms with Crippen molar-refractivity contribution in [2.75, 3.05) is 0 Å². The molecule has 0 aliphatic rings. The average molecular weight is 493 g/mol. The van der Waals surface area contributed by atoms with E-state index in [1.54, 1.807) is 18.2 Å². The third kappa shape index (κ3) is 5.93. The van der Waals surface area contributed by atoms with Gasteiger partial charge in [-0.1, -0.05) is 24.3 Å². The molecule has 0 fully saturated rings. The molecule has 2 aromatic carbocycles. The predicted molar refractivity (Wildman–Crippen MR) is 98.8 cm³/mol. The number of carboxylic acid groups (broad SMARTS) is 1. The van der Waals surface area contributed by atoms with Crippen LogP contribution in [0.2, 0.25) is 0 Å². The standard InChI is InChI=1S/C18H15F3INO4/c19-18(20,21)12-6-4-11(5-7-12)15(24)16(25)23-14(17(26)27)9-10-2-1-3-13(22)8-10/h1-8,14-15,24H,9H2,(H,23,25)(H,26,27)/t14-,15+/m1/s1. The summed E-state index contributed by atoms with van der Waals surface area (Å²) < 4.78 is 38.6. The summed E-state index contributed by atoms with van der Waals surface area (Å²) in [6.45, 7) is 0. The van der Waals surface area contributed by atoms with Gasteiger partial charge in [0.1, 0.15) is 6.04 Å². The van der Waals surface area contributed by atoms with Crippen LogP contribution in [0.25, 0.3) is 0 Å². The fraction of sp³-hybridized carbons (Fsp3) is 0.222. The molecule has 5 nitrogen and oxygen atoms in total. The van der Waals surface area contributed by atoms with E-state index in [1.807, 2.05) is 6.07 Å². The van der Waals surface area contributed by atoms with Crippen LogP contribution in [0.15, 0.2) is 48.5 Å². The summed E-state index contributed by atoms with van der Waals surface area (Å²) in [6, 6.07) is 9.18. The van der Waals surface area contributed by atoms with Crippen molar-refractivity contribution in [3.05, 3.63) is 68.8 Å². The molecule has 27 heavy (non-hydrogen) atoms. The van der Waals surface area contributed by atoms with E-state index in [4.69, 9.17) is 0 Å². The number of aliphatic hydroxyl groups is 1. The summed E-state index contributed by atoms with van der Waals surface area (Å²) in [5, 5.41) is 21.6. The summed E-state index contributed by atoms with van der Waals surface area (Å²) in [4.78, 5) is 23.6. The minimum atomic E-state index is -4.53. The van der Waals surface area contributed by atoms with E-state index in [2.05, 4.69) is 27.9 Å². The summed E-state index contributed by atoms with van der Waals surface area (Å²) >= 11 is 2.07. The van der Waals surface area contributed by atoms with Gasteiger partial charge in [0, 0.05) is 9.99 Å². The molecule has 0 radical (unpaired) electrons. The second-order valence-corrected chi connectivity index (χ2v) is 7.00. The monoisotopic (exact) mass is 493 g/mol. The van der Waals surface area contributed by atoms with Crippen LogP contribution in [0.4, 0.5) is 13.2 Å². The molecule has 0 saturated carbocycles. The third-order valence-electron chi connectivity index (χ3n) is 3.75. The fourth-order valence-electron chi connectivity index (χ4n) is 2.36. The van der Waals surface area contributed by atoms with Gasteiger partial charge in [-0.2, -0.15) is 13.2 Å². The number of nitrogens with one attached hydrogen (secondary N) is 1. The Labute approximate surface area is 166 Å². The molecule has 0 spiro atoms. The van der Waals surface area contributed by atoms with Gasteiger partial charge in [0.2, 0.25) is 0 Å². The molecule has 144 valence electrons. The Hall–Kier alpha value is -2.14. The lowest BCUT2D eigenvalue weighted by Gasteiger charge is -2.18. The lowest BCUT2D eigenvalue weighted by Crippen LogP contribution is -2.44. The highest BCUT2D eigenvalue weighted by molar-refractivity contribution is 14.1. The summed E-state index contributed by atoms with van der Waals surface area (Å²) in [5.41, 5.74) is -0.307. The van der Waals surface area contributed by atoms with Crippen LogP contribution >= 0.6 is 22.6 Å². The Kier molecular flexibility index (Phi) is 6.82. The number of halogens is 4. The van der Waals surface area contributed by atoms with Crippen LogP contribution in [0.1, 0.15) is 22.8 Å². The van der Waals surface area contributed by atoms with Gasteiger partial charge in [0.05, 0.1) is 5.56 Å². The van der Waals surface area contributed by atoms with Crippen molar-refractivity contribution in [1.82, 2.24) is 5.32 Å². The molecule has 2 atom stereocenters. The maximum absolute atomic E-state index is 12.6. The lowest BCUT2D eigenvalue weighted by atomic mass is 10.0. The molecule has 2 aromatic rings. The summed E-state index contributed by atoms with van der Waals surface area (Å²) in [6.07, 6.45) is -6.32. The number of carboxylic acids is 1. The van der Waals surface area contributed by atoms with Crippen LogP contribution in [-0.4, -0.2) is 28.1 Å². The van der Waals surface area contributed by atoms with Crippen LogP contribution in [0, 0.1) is 3.57 Å². The van der Waals surface area contributed by atoms with Crippen LogP contribution in [0.3, 0.4) is 0 Å². The molecule has 0 saturated heterocycles. The van der Waals surface area contributed by atoms with Crippen molar-refractivity contribution in [3.63, 3.8) is 0 Å². The molecule has 2 rings (SSSR count). The van der Waals surface area contributed by atoms with Crippen molar-refractivity contribution in [2.24, 2.45) is 0 Å². The van der Waals surface area contributed by atoms with Crippen LogP contribution in [0.5, 0.6) is 0 Å². The maximum atomic E-state index is 12.6. The van der Waals surface area contributed by atoms with Gasteiger partial charge in [-0.3, -0.25) is 4.79 Å². The van der Waals surface area contributed by atoms with E-state index in [1.165, 1.54) is 0 Å². The van der Waals surface area contributed by atoms with E-state index in [0.717, 1.165) is 27.8 Å². The summed E-state index contributed by atoms with van der Waals surface area (Å²) in [7, 11) is 0. The van der Waals surface area contributed by atoms with Crippen LogP contribution < -0.4 is 5.32 Å². The predicted octanol–water partition coefficient (Wildman–Crippen LogP) is 3.16. The Morgan fingerprint density at radius 3 is 2.26 bits per heavy atom. The number of rotatable bonds is 6. The first-order chi connectivity index (χ1) is 12.6. The van der Waals surface area contributed by atoms with Crippen molar-refractivity contribution < 1.29 is 33.0 Å². The van der Waals surface area contributed by atoms with Gasteiger partial charge < -0.3 is 15.5 Å². The first-order valence-corrected chi connectivity index (χ1v) is 8.78. The van der Waals surface area contributed by atoms with Crippen molar-refractivity contribution in [3.8, 4) is 0 Å². The Balaban J connectivity index is 2.09. The molecule has 1 amide bonds. The quantitative estimate of drug-likeness (QED) is 0.540. The highest BCUT2D eigenvalue weighted by atomic mass is 127. The molecule has 0 aliphatic carbocycles. The van der Waals surface area contributed by atoms with Crippen LogP contribution in [-0.2, 0) is 22.2 Å². The number of alkyl halides is 3. The van der Waals surface area contributed by atoms with E-state index in [9.17, 15) is 33.0 Å². The van der Waals surface area contributed by atoms with Gasteiger partial charge in [0.15, 0.2) is 6.10 Å². The number of hydrogen-bond acceptors (Lipinski definition) is 3. The normalized spacial score (nSPS) is 13.7. The van der Waals surface area contributed by atoms with Gasteiger partial charge in [-0.25, -0.2) is 4.79 Å². The van der Waals surface area contributed by atoms with E-state index >= 15 is 0 Å². The molecule has 0 heterocycles. The fourth-order valence-corrected chi connectivity index (χ4v) is 2.96. The lowest BCUT2D eigenvalue weighted by molar-refractivity contribution is -0.143. The van der Waals surface area contributed by atoms with Crippen molar-refractivity contribution in [2.45, 2.75) is 24.7 Å². The highest BCUT2D eigenvalue weighted by Crippen LogP contribution is 2.30. The van der Waals surface area contributed by atoms with Gasteiger partial charge in [0.25, 0.3) is 5.91 Å². The largest absolute Gasteiger partial charge is 0.480 e. The van der Waals surface area contributed by atoms with Gasteiger partial charge in [-0.05, 0) is 58.0 Å². The second-order valence-electron chi connectivity index (χ2n) is 5.76. The van der Waals surface area contributed by atoms with Crippen molar-refractivity contribution >= 4 is 34.5 Å². The number of aliphatic hydroxyl groups excluding tert-OH is 1. The number of benzene rings is 2. The Morgan fingerprint density at radius 2 is 1.74 bits per heavy atom. The maximum Gasteiger partial charge on any atom is 0.416 e.